The molecule has 1 aliphatic rings. The van der Waals surface area contributed by atoms with Crippen molar-refractivity contribution >= 4 is 27.5 Å². The van der Waals surface area contributed by atoms with E-state index in [1.807, 2.05) is 18.2 Å². The third-order valence-electron chi connectivity index (χ3n) is 3.14. The van der Waals surface area contributed by atoms with E-state index in [1.165, 1.54) is 24.8 Å². The average molecular weight is 303 g/mol. The first kappa shape index (κ1) is 12.4. The molecule has 0 saturated heterocycles. The number of hydrogen-bond donors (Lipinski definition) is 1. The molecule has 1 fully saturated rings. The second-order valence-corrected chi connectivity index (χ2v) is 5.80. The normalized spacial score (nSPS) is 23.4. The zero-order valence-electron chi connectivity index (χ0n) is 9.47. The van der Waals surface area contributed by atoms with E-state index in [0.717, 1.165) is 28.0 Å². The Hall–Kier alpha value is -0.0500. The highest BCUT2D eigenvalue weighted by atomic mass is 79.9. The topological polar surface area (TPSA) is 12.0 Å². The van der Waals surface area contributed by atoms with Gasteiger partial charge in [0.2, 0.25) is 0 Å². The summed E-state index contributed by atoms with van der Waals surface area (Å²) >= 11 is 9.53. The van der Waals surface area contributed by atoms with Crippen molar-refractivity contribution < 1.29 is 0 Å². The maximum Gasteiger partial charge on any atom is 0.0410 e. The molecule has 0 spiro atoms. The number of nitrogens with one attached hydrogen (secondary N) is 1. The molecule has 3 heteroatoms. The number of benzene rings is 1. The lowest BCUT2D eigenvalue weighted by atomic mass is 10.2. The Morgan fingerprint density at radius 3 is 3.06 bits per heavy atom. The van der Waals surface area contributed by atoms with Gasteiger partial charge in [-0.1, -0.05) is 40.9 Å². The third kappa shape index (κ3) is 3.22. The van der Waals surface area contributed by atoms with Gasteiger partial charge >= 0.3 is 0 Å². The fourth-order valence-electron chi connectivity index (χ4n) is 2.11. The van der Waals surface area contributed by atoms with Crippen molar-refractivity contribution in [3.05, 3.63) is 33.3 Å². The van der Waals surface area contributed by atoms with Crippen molar-refractivity contribution in [2.45, 2.75) is 38.8 Å². The molecule has 2 rings (SSSR count). The van der Waals surface area contributed by atoms with Gasteiger partial charge in [0.1, 0.15) is 0 Å². The summed E-state index contributed by atoms with van der Waals surface area (Å²) in [6.45, 7) is 3.16. The van der Waals surface area contributed by atoms with E-state index in [-0.39, 0.29) is 0 Å². The van der Waals surface area contributed by atoms with Crippen LogP contribution >= 0.6 is 27.5 Å². The van der Waals surface area contributed by atoms with Gasteiger partial charge < -0.3 is 5.32 Å². The lowest BCUT2D eigenvalue weighted by Gasteiger charge is -2.07. The van der Waals surface area contributed by atoms with Gasteiger partial charge in [-0.05, 0) is 42.5 Å². The molecule has 0 amide bonds. The van der Waals surface area contributed by atoms with Gasteiger partial charge in [-0.15, -0.1) is 0 Å². The molecule has 2 atom stereocenters. The Labute approximate surface area is 111 Å². The SMILES string of the molecule is CCCC1CC1NCc1cc(Cl)ccc1Br. The summed E-state index contributed by atoms with van der Waals surface area (Å²) in [5.41, 5.74) is 1.25. The molecule has 88 valence electrons. The van der Waals surface area contributed by atoms with Crippen LogP contribution in [0.1, 0.15) is 31.7 Å². The lowest BCUT2D eigenvalue weighted by molar-refractivity contribution is 0.598. The van der Waals surface area contributed by atoms with E-state index >= 15 is 0 Å². The van der Waals surface area contributed by atoms with Gasteiger partial charge in [-0.2, -0.15) is 0 Å². The number of hydrogen-bond acceptors (Lipinski definition) is 1. The summed E-state index contributed by atoms with van der Waals surface area (Å²) < 4.78 is 1.14. The van der Waals surface area contributed by atoms with Crippen LogP contribution in [0.25, 0.3) is 0 Å². The lowest BCUT2D eigenvalue weighted by Crippen LogP contribution is -2.17. The molecule has 0 radical (unpaired) electrons. The minimum absolute atomic E-state index is 0.728. The maximum atomic E-state index is 5.98. The van der Waals surface area contributed by atoms with Crippen LogP contribution in [0.3, 0.4) is 0 Å². The minimum atomic E-state index is 0.728. The smallest absolute Gasteiger partial charge is 0.0410 e. The van der Waals surface area contributed by atoms with Crippen LogP contribution in [0.5, 0.6) is 0 Å². The summed E-state index contributed by atoms with van der Waals surface area (Å²) in [6.07, 6.45) is 3.99. The highest BCUT2D eigenvalue weighted by Crippen LogP contribution is 2.35. The van der Waals surface area contributed by atoms with E-state index in [9.17, 15) is 0 Å². The summed E-state index contributed by atoms with van der Waals surface area (Å²) in [5, 5.41) is 4.39. The fourth-order valence-corrected chi connectivity index (χ4v) is 2.69. The van der Waals surface area contributed by atoms with Crippen LogP contribution in [0.4, 0.5) is 0 Å². The van der Waals surface area contributed by atoms with Gasteiger partial charge in [0, 0.05) is 22.1 Å². The third-order valence-corrected chi connectivity index (χ3v) is 4.15. The molecule has 1 saturated carbocycles. The molecule has 1 aromatic rings. The zero-order valence-corrected chi connectivity index (χ0v) is 11.8. The molecule has 0 bridgehead atoms. The quantitative estimate of drug-likeness (QED) is 0.851. The van der Waals surface area contributed by atoms with E-state index in [2.05, 4.69) is 28.2 Å². The molecular formula is C13H17BrClN. The van der Waals surface area contributed by atoms with Gasteiger partial charge in [0.15, 0.2) is 0 Å². The van der Waals surface area contributed by atoms with Crippen LogP contribution in [-0.2, 0) is 6.54 Å². The van der Waals surface area contributed by atoms with Crippen molar-refractivity contribution in [2.75, 3.05) is 0 Å². The van der Waals surface area contributed by atoms with Gasteiger partial charge in [-0.3, -0.25) is 0 Å². The first-order valence-electron chi connectivity index (χ1n) is 5.88. The molecule has 1 aromatic carbocycles. The first-order chi connectivity index (χ1) is 7.70. The molecule has 16 heavy (non-hydrogen) atoms. The van der Waals surface area contributed by atoms with Gasteiger partial charge in [0.05, 0.1) is 0 Å². The summed E-state index contributed by atoms with van der Waals surface area (Å²) in [6, 6.07) is 6.67. The van der Waals surface area contributed by atoms with E-state index in [1.54, 1.807) is 0 Å². The van der Waals surface area contributed by atoms with Crippen molar-refractivity contribution in [3.8, 4) is 0 Å². The van der Waals surface area contributed by atoms with Crippen molar-refractivity contribution in [2.24, 2.45) is 5.92 Å². The molecule has 0 aromatic heterocycles. The van der Waals surface area contributed by atoms with Crippen molar-refractivity contribution in [1.29, 1.82) is 0 Å². The molecule has 1 N–H and O–H groups in total. The zero-order chi connectivity index (χ0) is 11.5. The number of halogens is 2. The van der Waals surface area contributed by atoms with Gasteiger partial charge in [0.25, 0.3) is 0 Å². The Kier molecular flexibility index (Phi) is 4.28. The highest BCUT2D eigenvalue weighted by molar-refractivity contribution is 9.10. The van der Waals surface area contributed by atoms with Crippen LogP contribution in [0, 0.1) is 5.92 Å². The van der Waals surface area contributed by atoms with E-state index in [0.29, 0.717) is 0 Å². The maximum absolute atomic E-state index is 5.98. The summed E-state index contributed by atoms with van der Waals surface area (Å²) in [7, 11) is 0. The predicted molar refractivity (Wildman–Crippen MR) is 72.8 cm³/mol. The van der Waals surface area contributed by atoms with Gasteiger partial charge in [-0.25, -0.2) is 0 Å². The summed E-state index contributed by atoms with van der Waals surface area (Å²) in [4.78, 5) is 0. The second-order valence-electron chi connectivity index (χ2n) is 4.51. The van der Waals surface area contributed by atoms with Crippen LogP contribution in [0.2, 0.25) is 5.02 Å². The monoisotopic (exact) mass is 301 g/mol. The molecule has 0 heterocycles. The van der Waals surface area contributed by atoms with Crippen molar-refractivity contribution in [3.63, 3.8) is 0 Å². The predicted octanol–water partition coefficient (Wildman–Crippen LogP) is 4.38. The molecular weight excluding hydrogens is 286 g/mol. The molecule has 2 unspecified atom stereocenters. The molecule has 1 aliphatic carbocycles. The fraction of sp³-hybridized carbons (Fsp3) is 0.538. The van der Waals surface area contributed by atoms with Crippen LogP contribution < -0.4 is 5.32 Å². The Morgan fingerprint density at radius 1 is 1.50 bits per heavy atom. The van der Waals surface area contributed by atoms with Crippen LogP contribution in [-0.4, -0.2) is 6.04 Å². The molecule has 1 nitrogen and oxygen atoms in total. The Bertz CT molecular complexity index is 367. The van der Waals surface area contributed by atoms with E-state index < -0.39 is 0 Å². The minimum Gasteiger partial charge on any atom is -0.310 e. The molecule has 0 aliphatic heterocycles. The van der Waals surface area contributed by atoms with Crippen molar-refractivity contribution in [1.82, 2.24) is 5.32 Å². The second kappa shape index (κ2) is 5.52. The standard InChI is InChI=1S/C13H17BrClN/c1-2-3-9-7-13(9)16-8-10-6-11(15)4-5-12(10)14/h4-6,9,13,16H,2-3,7-8H2,1H3. The Balaban J connectivity index is 1.84. The van der Waals surface area contributed by atoms with Crippen LogP contribution in [0.15, 0.2) is 22.7 Å². The highest BCUT2D eigenvalue weighted by Gasteiger charge is 2.35. The Morgan fingerprint density at radius 2 is 2.31 bits per heavy atom. The van der Waals surface area contributed by atoms with E-state index in [4.69, 9.17) is 11.6 Å². The average Bonchev–Trinajstić information content (AvgIpc) is 2.99. The number of rotatable bonds is 5. The summed E-state index contributed by atoms with van der Waals surface area (Å²) in [5.74, 6) is 0.906. The first-order valence-corrected chi connectivity index (χ1v) is 7.05. The largest absolute Gasteiger partial charge is 0.310 e.